The maximum Gasteiger partial charge on any atom is 0.112 e. The van der Waals surface area contributed by atoms with E-state index in [0.29, 0.717) is 0 Å². The summed E-state index contributed by atoms with van der Waals surface area (Å²) < 4.78 is 0. The van der Waals surface area contributed by atoms with E-state index in [2.05, 4.69) is 25.8 Å². The van der Waals surface area contributed by atoms with Crippen LogP contribution in [0.5, 0.6) is 0 Å². The second kappa shape index (κ2) is 5.61. The molecule has 0 saturated carbocycles. The standard InChI is InChI=1S/C12H22N2S/c1-4-5-6-7-8-12(3,13)11-14-9-10(2)15-11/h9H,4-8,13H2,1-3H3. The van der Waals surface area contributed by atoms with Crippen molar-refractivity contribution in [2.75, 3.05) is 0 Å². The van der Waals surface area contributed by atoms with E-state index >= 15 is 0 Å². The van der Waals surface area contributed by atoms with Gasteiger partial charge >= 0.3 is 0 Å². The molecule has 1 heterocycles. The molecule has 1 rings (SSSR count). The Morgan fingerprint density at radius 1 is 1.40 bits per heavy atom. The van der Waals surface area contributed by atoms with Crippen molar-refractivity contribution in [2.45, 2.75) is 58.4 Å². The van der Waals surface area contributed by atoms with Crippen LogP contribution in [0.3, 0.4) is 0 Å². The van der Waals surface area contributed by atoms with Crippen LogP contribution in [0.2, 0.25) is 0 Å². The van der Waals surface area contributed by atoms with Gasteiger partial charge in [0.15, 0.2) is 0 Å². The zero-order valence-electron chi connectivity index (χ0n) is 10.0. The average molecular weight is 226 g/mol. The minimum absolute atomic E-state index is 0.229. The van der Waals surface area contributed by atoms with Crippen molar-refractivity contribution in [3.05, 3.63) is 16.1 Å². The van der Waals surface area contributed by atoms with Gasteiger partial charge in [-0.15, -0.1) is 11.3 Å². The predicted molar refractivity (Wildman–Crippen MR) is 67.1 cm³/mol. The number of thiazole rings is 1. The topological polar surface area (TPSA) is 38.9 Å². The van der Waals surface area contributed by atoms with Gasteiger partial charge in [-0.1, -0.05) is 32.6 Å². The van der Waals surface area contributed by atoms with Crippen molar-refractivity contribution in [2.24, 2.45) is 5.73 Å². The fraction of sp³-hybridized carbons (Fsp3) is 0.750. The molecule has 0 radical (unpaired) electrons. The molecule has 1 aromatic rings. The largest absolute Gasteiger partial charge is 0.320 e. The van der Waals surface area contributed by atoms with Gasteiger partial charge in [-0.2, -0.15) is 0 Å². The molecule has 1 aromatic heterocycles. The van der Waals surface area contributed by atoms with Gasteiger partial charge < -0.3 is 5.73 Å². The molecule has 0 spiro atoms. The summed E-state index contributed by atoms with van der Waals surface area (Å²) in [7, 11) is 0. The lowest BCUT2D eigenvalue weighted by atomic mass is 9.96. The van der Waals surface area contributed by atoms with Gasteiger partial charge in [0.1, 0.15) is 5.01 Å². The van der Waals surface area contributed by atoms with Crippen LogP contribution in [0.25, 0.3) is 0 Å². The van der Waals surface area contributed by atoms with Crippen LogP contribution in [0.15, 0.2) is 6.20 Å². The van der Waals surface area contributed by atoms with Crippen molar-refractivity contribution in [3.63, 3.8) is 0 Å². The molecular weight excluding hydrogens is 204 g/mol. The molecule has 0 fully saturated rings. The second-order valence-electron chi connectivity index (χ2n) is 4.50. The molecule has 0 aliphatic carbocycles. The minimum atomic E-state index is -0.229. The Bertz CT molecular complexity index is 292. The quantitative estimate of drug-likeness (QED) is 0.753. The van der Waals surface area contributed by atoms with E-state index in [0.717, 1.165) is 11.4 Å². The van der Waals surface area contributed by atoms with Crippen molar-refractivity contribution >= 4 is 11.3 Å². The first-order valence-electron chi connectivity index (χ1n) is 5.78. The predicted octanol–water partition coefficient (Wildman–Crippen LogP) is 3.60. The lowest BCUT2D eigenvalue weighted by molar-refractivity contribution is 0.422. The lowest BCUT2D eigenvalue weighted by Gasteiger charge is -2.21. The number of aromatic nitrogens is 1. The van der Waals surface area contributed by atoms with E-state index in [4.69, 9.17) is 5.73 Å². The summed E-state index contributed by atoms with van der Waals surface area (Å²) in [5.74, 6) is 0. The molecule has 0 aliphatic rings. The maximum atomic E-state index is 6.28. The number of unbranched alkanes of at least 4 members (excludes halogenated alkanes) is 3. The van der Waals surface area contributed by atoms with Gasteiger partial charge in [0.2, 0.25) is 0 Å². The molecule has 1 unspecified atom stereocenters. The van der Waals surface area contributed by atoms with Crippen LogP contribution in [-0.2, 0) is 5.54 Å². The highest BCUT2D eigenvalue weighted by Gasteiger charge is 2.23. The highest BCUT2D eigenvalue weighted by molar-refractivity contribution is 7.11. The summed E-state index contributed by atoms with van der Waals surface area (Å²) >= 11 is 1.72. The zero-order chi connectivity index (χ0) is 11.3. The van der Waals surface area contributed by atoms with Gasteiger partial charge in [-0.05, 0) is 20.3 Å². The Balaban J connectivity index is 2.44. The zero-order valence-corrected chi connectivity index (χ0v) is 10.9. The average Bonchev–Trinajstić information content (AvgIpc) is 2.60. The van der Waals surface area contributed by atoms with E-state index in [1.54, 1.807) is 11.3 Å². The van der Waals surface area contributed by atoms with Crippen molar-refractivity contribution in [1.82, 2.24) is 4.98 Å². The number of aryl methyl sites for hydroxylation is 1. The van der Waals surface area contributed by atoms with Crippen molar-refractivity contribution in [1.29, 1.82) is 0 Å². The van der Waals surface area contributed by atoms with Crippen LogP contribution in [0, 0.1) is 6.92 Å². The van der Waals surface area contributed by atoms with Gasteiger partial charge in [0, 0.05) is 11.1 Å². The molecule has 0 bridgehead atoms. The number of nitrogens with zero attached hydrogens (tertiary/aromatic N) is 1. The van der Waals surface area contributed by atoms with Crippen LogP contribution in [0.1, 0.15) is 55.8 Å². The lowest BCUT2D eigenvalue weighted by Crippen LogP contribution is -2.32. The molecule has 1 atom stereocenters. The smallest absolute Gasteiger partial charge is 0.112 e. The summed E-state index contributed by atoms with van der Waals surface area (Å²) in [6.45, 7) is 6.40. The number of rotatable bonds is 6. The van der Waals surface area contributed by atoms with E-state index in [1.807, 2.05) is 6.20 Å². The third kappa shape index (κ3) is 3.92. The monoisotopic (exact) mass is 226 g/mol. The minimum Gasteiger partial charge on any atom is -0.320 e. The second-order valence-corrected chi connectivity index (χ2v) is 5.74. The van der Waals surface area contributed by atoms with E-state index in [-0.39, 0.29) is 5.54 Å². The number of nitrogens with two attached hydrogens (primary N) is 1. The molecule has 0 amide bonds. The van der Waals surface area contributed by atoms with Gasteiger partial charge in [-0.3, -0.25) is 0 Å². The molecule has 0 aromatic carbocycles. The Labute approximate surface area is 96.9 Å². The van der Waals surface area contributed by atoms with Crippen LogP contribution >= 0.6 is 11.3 Å². The third-order valence-corrected chi connectivity index (χ3v) is 3.85. The molecule has 0 saturated heterocycles. The molecule has 2 nitrogen and oxygen atoms in total. The van der Waals surface area contributed by atoms with Crippen LogP contribution < -0.4 is 5.73 Å². The maximum absolute atomic E-state index is 6.28. The summed E-state index contributed by atoms with van der Waals surface area (Å²) in [6.07, 6.45) is 8.04. The summed E-state index contributed by atoms with van der Waals surface area (Å²) in [4.78, 5) is 5.63. The summed E-state index contributed by atoms with van der Waals surface area (Å²) in [5, 5.41) is 1.08. The van der Waals surface area contributed by atoms with Gasteiger partial charge in [0.05, 0.1) is 5.54 Å². The highest BCUT2D eigenvalue weighted by Crippen LogP contribution is 2.27. The Morgan fingerprint density at radius 3 is 2.67 bits per heavy atom. The first-order chi connectivity index (χ1) is 7.06. The normalized spacial score (nSPS) is 15.2. The summed E-state index contributed by atoms with van der Waals surface area (Å²) in [6, 6.07) is 0. The fourth-order valence-corrected chi connectivity index (χ4v) is 2.50. The molecule has 86 valence electrons. The van der Waals surface area contributed by atoms with Crippen LogP contribution in [-0.4, -0.2) is 4.98 Å². The fourth-order valence-electron chi connectivity index (χ4n) is 1.64. The van der Waals surface area contributed by atoms with Crippen LogP contribution in [0.4, 0.5) is 0 Å². The van der Waals surface area contributed by atoms with E-state index in [1.165, 1.54) is 30.6 Å². The first kappa shape index (κ1) is 12.7. The Morgan fingerprint density at radius 2 is 2.13 bits per heavy atom. The summed E-state index contributed by atoms with van der Waals surface area (Å²) in [5.41, 5.74) is 6.05. The Hall–Kier alpha value is -0.410. The molecule has 3 heteroatoms. The third-order valence-electron chi connectivity index (χ3n) is 2.66. The molecular formula is C12H22N2S. The van der Waals surface area contributed by atoms with Crippen molar-refractivity contribution in [3.8, 4) is 0 Å². The number of hydrogen-bond donors (Lipinski definition) is 1. The Kier molecular flexibility index (Phi) is 4.74. The molecule has 15 heavy (non-hydrogen) atoms. The van der Waals surface area contributed by atoms with Crippen molar-refractivity contribution < 1.29 is 0 Å². The first-order valence-corrected chi connectivity index (χ1v) is 6.59. The molecule has 2 N–H and O–H groups in total. The van der Waals surface area contributed by atoms with Gasteiger partial charge in [-0.25, -0.2) is 4.98 Å². The van der Waals surface area contributed by atoms with E-state index < -0.39 is 0 Å². The molecule has 0 aliphatic heterocycles. The van der Waals surface area contributed by atoms with E-state index in [9.17, 15) is 0 Å². The SMILES string of the molecule is CCCCCCC(C)(N)c1ncc(C)s1. The van der Waals surface area contributed by atoms with Gasteiger partial charge in [0.25, 0.3) is 0 Å². The number of hydrogen-bond acceptors (Lipinski definition) is 3. The highest BCUT2D eigenvalue weighted by atomic mass is 32.1.